The molecule has 1 aliphatic heterocycles. The van der Waals surface area contributed by atoms with E-state index in [0.717, 1.165) is 49.4 Å². The zero-order chi connectivity index (χ0) is 20.2. The van der Waals surface area contributed by atoms with Gasteiger partial charge < -0.3 is 14.8 Å². The normalized spacial score (nSPS) is 16.6. The van der Waals surface area contributed by atoms with Crippen LogP contribution >= 0.6 is 0 Å². The molecule has 29 heavy (non-hydrogen) atoms. The number of carbonyl (C=O) groups is 1. The van der Waals surface area contributed by atoms with E-state index in [1.54, 1.807) is 0 Å². The number of aryl methyl sites for hydroxylation is 2. The smallest absolute Gasteiger partial charge is 0.321 e. The quantitative estimate of drug-likeness (QED) is 0.671. The molecule has 1 fully saturated rings. The molecule has 0 radical (unpaired) electrons. The number of benzene rings is 2. The Morgan fingerprint density at radius 2 is 2.03 bits per heavy atom. The molecule has 1 unspecified atom stereocenters. The minimum atomic E-state index is -0.0149. The van der Waals surface area contributed by atoms with Gasteiger partial charge in [-0.25, -0.2) is 9.78 Å². The van der Waals surface area contributed by atoms with Crippen LogP contribution < -0.4 is 5.32 Å². The zero-order valence-electron chi connectivity index (χ0n) is 17.1. The highest BCUT2D eigenvalue weighted by Gasteiger charge is 2.24. The average molecular weight is 389 g/mol. The number of amides is 2. The third-order valence-corrected chi connectivity index (χ3v) is 5.68. The van der Waals surface area contributed by atoms with Crippen molar-refractivity contribution in [3.63, 3.8) is 0 Å². The molecule has 2 aromatic carbocycles. The van der Waals surface area contributed by atoms with Crippen molar-refractivity contribution >= 4 is 11.7 Å². The van der Waals surface area contributed by atoms with Gasteiger partial charge in [0.1, 0.15) is 0 Å². The SMILES string of the molecule is CCc1cc(NC(=O)N2CCCC(c3ccccc3)C2)ccc1-n1cnc(C)c1. The summed E-state index contributed by atoms with van der Waals surface area (Å²) in [7, 11) is 0. The van der Waals surface area contributed by atoms with Crippen LogP contribution in [0.3, 0.4) is 0 Å². The Hall–Kier alpha value is -3.08. The first-order valence-corrected chi connectivity index (χ1v) is 10.4. The van der Waals surface area contributed by atoms with Crippen molar-refractivity contribution in [2.75, 3.05) is 18.4 Å². The minimum absolute atomic E-state index is 0.0149. The van der Waals surface area contributed by atoms with Crippen LogP contribution in [-0.2, 0) is 6.42 Å². The highest BCUT2D eigenvalue weighted by molar-refractivity contribution is 5.89. The summed E-state index contributed by atoms with van der Waals surface area (Å²) < 4.78 is 2.04. The van der Waals surface area contributed by atoms with E-state index in [0.29, 0.717) is 5.92 Å². The first kappa shape index (κ1) is 19.2. The molecule has 1 saturated heterocycles. The Morgan fingerprint density at radius 1 is 1.21 bits per heavy atom. The van der Waals surface area contributed by atoms with Gasteiger partial charge in [-0.15, -0.1) is 0 Å². The maximum Gasteiger partial charge on any atom is 0.321 e. The number of piperidine rings is 1. The molecule has 1 aromatic heterocycles. The lowest BCUT2D eigenvalue weighted by molar-refractivity contribution is 0.193. The van der Waals surface area contributed by atoms with Gasteiger partial charge >= 0.3 is 6.03 Å². The third kappa shape index (κ3) is 4.34. The van der Waals surface area contributed by atoms with E-state index in [1.165, 1.54) is 11.1 Å². The van der Waals surface area contributed by atoms with Crippen molar-refractivity contribution in [2.45, 2.75) is 39.0 Å². The van der Waals surface area contributed by atoms with Gasteiger partial charge in [0, 0.05) is 36.6 Å². The summed E-state index contributed by atoms with van der Waals surface area (Å²) in [5.74, 6) is 0.411. The number of rotatable bonds is 4. The summed E-state index contributed by atoms with van der Waals surface area (Å²) in [4.78, 5) is 19.2. The van der Waals surface area contributed by atoms with Crippen LogP contribution in [0, 0.1) is 6.92 Å². The molecule has 0 bridgehead atoms. The fourth-order valence-corrected chi connectivity index (χ4v) is 4.11. The van der Waals surface area contributed by atoms with E-state index in [4.69, 9.17) is 0 Å². The number of likely N-dealkylation sites (tertiary alicyclic amines) is 1. The van der Waals surface area contributed by atoms with Crippen LogP contribution in [0.4, 0.5) is 10.5 Å². The first-order valence-electron chi connectivity index (χ1n) is 10.4. The van der Waals surface area contributed by atoms with Crippen LogP contribution in [0.2, 0.25) is 0 Å². The second-order valence-corrected chi connectivity index (χ2v) is 7.75. The van der Waals surface area contributed by atoms with Gasteiger partial charge in [-0.3, -0.25) is 0 Å². The van der Waals surface area contributed by atoms with Crippen molar-refractivity contribution < 1.29 is 4.79 Å². The van der Waals surface area contributed by atoms with Crippen molar-refractivity contribution in [3.05, 3.63) is 77.9 Å². The fourth-order valence-electron chi connectivity index (χ4n) is 4.11. The van der Waals surface area contributed by atoms with Gasteiger partial charge in [0.05, 0.1) is 12.0 Å². The molecule has 1 N–H and O–H groups in total. The topological polar surface area (TPSA) is 50.2 Å². The van der Waals surface area contributed by atoms with Crippen LogP contribution in [-0.4, -0.2) is 33.6 Å². The predicted octanol–water partition coefficient (Wildman–Crippen LogP) is 5.15. The molecule has 5 heteroatoms. The molecule has 0 aliphatic carbocycles. The van der Waals surface area contributed by atoms with Gasteiger partial charge in [-0.05, 0) is 55.5 Å². The number of hydrogen-bond acceptors (Lipinski definition) is 2. The maximum atomic E-state index is 12.9. The Labute approximate surface area is 172 Å². The number of nitrogens with zero attached hydrogens (tertiary/aromatic N) is 3. The van der Waals surface area contributed by atoms with E-state index in [-0.39, 0.29) is 6.03 Å². The van der Waals surface area contributed by atoms with Gasteiger partial charge in [0.2, 0.25) is 0 Å². The number of nitrogens with one attached hydrogen (secondary N) is 1. The molecule has 3 aromatic rings. The van der Waals surface area contributed by atoms with Crippen molar-refractivity contribution in [1.82, 2.24) is 14.5 Å². The molecular formula is C24H28N4O. The summed E-state index contributed by atoms with van der Waals surface area (Å²) in [6, 6.07) is 16.6. The lowest BCUT2D eigenvalue weighted by Gasteiger charge is -2.33. The molecule has 1 atom stereocenters. The summed E-state index contributed by atoms with van der Waals surface area (Å²) >= 11 is 0. The lowest BCUT2D eigenvalue weighted by Crippen LogP contribution is -2.41. The average Bonchev–Trinajstić information content (AvgIpc) is 3.20. The summed E-state index contributed by atoms with van der Waals surface area (Å²) in [6.07, 6.45) is 6.90. The highest BCUT2D eigenvalue weighted by atomic mass is 16.2. The monoisotopic (exact) mass is 388 g/mol. The Kier molecular flexibility index (Phi) is 5.65. The van der Waals surface area contributed by atoms with Gasteiger partial charge in [-0.1, -0.05) is 37.3 Å². The Morgan fingerprint density at radius 3 is 2.76 bits per heavy atom. The van der Waals surface area contributed by atoms with E-state index in [9.17, 15) is 4.79 Å². The molecule has 0 saturated carbocycles. The second-order valence-electron chi connectivity index (χ2n) is 7.75. The fraction of sp³-hybridized carbons (Fsp3) is 0.333. The third-order valence-electron chi connectivity index (χ3n) is 5.68. The van der Waals surface area contributed by atoms with E-state index < -0.39 is 0 Å². The molecule has 0 spiro atoms. The lowest BCUT2D eigenvalue weighted by atomic mass is 9.91. The van der Waals surface area contributed by atoms with Gasteiger partial charge in [0.25, 0.3) is 0 Å². The number of aromatic nitrogens is 2. The molecule has 2 heterocycles. The van der Waals surface area contributed by atoms with E-state index in [1.807, 2.05) is 41.0 Å². The largest absolute Gasteiger partial charge is 0.324 e. The standard InChI is InChI=1S/C24H28N4O/c1-3-19-14-22(11-12-23(19)28-15-18(2)25-17-28)26-24(29)27-13-7-10-21(16-27)20-8-5-4-6-9-20/h4-6,8-9,11-12,14-15,17,21H,3,7,10,13,16H2,1-2H3,(H,26,29). The van der Waals surface area contributed by atoms with Gasteiger partial charge in [0.15, 0.2) is 0 Å². The van der Waals surface area contributed by atoms with Crippen LogP contribution in [0.1, 0.15) is 42.5 Å². The Balaban J connectivity index is 1.46. The van der Waals surface area contributed by atoms with Crippen molar-refractivity contribution in [3.8, 4) is 5.69 Å². The van der Waals surface area contributed by atoms with Crippen molar-refractivity contribution in [1.29, 1.82) is 0 Å². The van der Waals surface area contributed by atoms with E-state index >= 15 is 0 Å². The van der Waals surface area contributed by atoms with Crippen LogP contribution in [0.25, 0.3) is 5.69 Å². The number of urea groups is 1. The summed E-state index contributed by atoms with van der Waals surface area (Å²) in [5, 5.41) is 3.10. The molecular weight excluding hydrogens is 360 g/mol. The number of hydrogen-bond donors (Lipinski definition) is 1. The number of imidazole rings is 1. The highest BCUT2D eigenvalue weighted by Crippen LogP contribution is 2.27. The molecule has 5 nitrogen and oxygen atoms in total. The first-order chi connectivity index (χ1) is 14.1. The minimum Gasteiger partial charge on any atom is -0.324 e. The van der Waals surface area contributed by atoms with Crippen LogP contribution in [0.5, 0.6) is 0 Å². The van der Waals surface area contributed by atoms with Crippen molar-refractivity contribution in [2.24, 2.45) is 0 Å². The van der Waals surface area contributed by atoms with E-state index in [2.05, 4.69) is 53.6 Å². The summed E-state index contributed by atoms with van der Waals surface area (Å²) in [6.45, 7) is 5.69. The molecule has 150 valence electrons. The maximum absolute atomic E-state index is 12.9. The number of anilines is 1. The van der Waals surface area contributed by atoms with Gasteiger partial charge in [-0.2, -0.15) is 0 Å². The second kappa shape index (κ2) is 8.52. The predicted molar refractivity (Wildman–Crippen MR) is 117 cm³/mol. The molecule has 4 rings (SSSR count). The number of carbonyl (C=O) groups excluding carboxylic acids is 1. The zero-order valence-corrected chi connectivity index (χ0v) is 17.1. The molecule has 2 amide bonds. The Bertz CT molecular complexity index is 980. The van der Waals surface area contributed by atoms with Crippen LogP contribution in [0.15, 0.2) is 61.1 Å². The molecule has 1 aliphatic rings. The summed E-state index contributed by atoms with van der Waals surface area (Å²) in [5.41, 5.74) is 5.43.